The Morgan fingerprint density at radius 2 is 1.83 bits per heavy atom. The second-order valence-electron chi connectivity index (χ2n) is 7.46. The average molecular weight is 384 g/mol. The Kier molecular flexibility index (Phi) is 3.92. The number of primary amides is 1. The van der Waals surface area contributed by atoms with Crippen molar-refractivity contribution >= 4 is 16.9 Å². The molecule has 0 saturated heterocycles. The van der Waals surface area contributed by atoms with Crippen LogP contribution in [0, 0.1) is 0 Å². The Bertz CT molecular complexity index is 1210. The van der Waals surface area contributed by atoms with Crippen LogP contribution in [0.25, 0.3) is 28.1 Å². The molecule has 3 heterocycles. The van der Waals surface area contributed by atoms with E-state index in [0.29, 0.717) is 11.0 Å². The van der Waals surface area contributed by atoms with Gasteiger partial charge in [-0.25, -0.2) is 9.97 Å². The standard InChI is InChI=1S/C22H20N6O/c23-20(29)19-16-12-18(17-4-1-2-11-25-17)28(21(16)27-13-26-19)15-7-5-14(6-8-15)22(24)9-3-10-22/h1-2,4-8,11-13H,3,9-10,24H2,(H2,23,29). The number of aromatic nitrogens is 4. The molecule has 144 valence electrons. The van der Waals surface area contributed by atoms with Crippen LogP contribution >= 0.6 is 0 Å². The van der Waals surface area contributed by atoms with Crippen molar-refractivity contribution in [1.82, 2.24) is 19.5 Å². The van der Waals surface area contributed by atoms with Crippen LogP contribution < -0.4 is 11.5 Å². The Labute approximate surface area is 167 Å². The molecule has 4 aromatic rings. The van der Waals surface area contributed by atoms with Crippen molar-refractivity contribution in [2.24, 2.45) is 11.5 Å². The summed E-state index contributed by atoms with van der Waals surface area (Å²) in [5, 5.41) is 0.596. The molecule has 7 heteroatoms. The number of carbonyl (C=O) groups is 1. The summed E-state index contributed by atoms with van der Waals surface area (Å²) in [6.07, 6.45) is 6.27. The summed E-state index contributed by atoms with van der Waals surface area (Å²) in [6, 6.07) is 15.8. The molecule has 1 aliphatic rings. The highest BCUT2D eigenvalue weighted by Crippen LogP contribution is 2.39. The second-order valence-corrected chi connectivity index (χ2v) is 7.46. The minimum Gasteiger partial charge on any atom is -0.364 e. The largest absolute Gasteiger partial charge is 0.364 e. The van der Waals surface area contributed by atoms with Crippen LogP contribution in [-0.2, 0) is 5.54 Å². The van der Waals surface area contributed by atoms with Gasteiger partial charge in [0.05, 0.1) is 16.8 Å². The Balaban J connectivity index is 1.73. The van der Waals surface area contributed by atoms with Crippen molar-refractivity contribution in [1.29, 1.82) is 0 Å². The van der Waals surface area contributed by atoms with E-state index < -0.39 is 5.91 Å². The van der Waals surface area contributed by atoms with Crippen LogP contribution in [0.15, 0.2) is 61.1 Å². The summed E-state index contributed by atoms with van der Waals surface area (Å²) >= 11 is 0. The van der Waals surface area contributed by atoms with Crippen molar-refractivity contribution in [2.75, 3.05) is 0 Å². The normalized spacial score (nSPS) is 15.2. The molecular formula is C22H20N6O. The molecule has 0 bridgehead atoms. The summed E-state index contributed by atoms with van der Waals surface area (Å²) in [5.41, 5.74) is 16.2. The molecule has 1 saturated carbocycles. The van der Waals surface area contributed by atoms with Gasteiger partial charge in [-0.2, -0.15) is 0 Å². The number of hydrogen-bond donors (Lipinski definition) is 2. The van der Waals surface area contributed by atoms with Gasteiger partial charge in [0.15, 0.2) is 0 Å². The maximum atomic E-state index is 11.9. The van der Waals surface area contributed by atoms with E-state index >= 15 is 0 Å². The number of nitrogens with zero attached hydrogens (tertiary/aromatic N) is 4. The van der Waals surface area contributed by atoms with Crippen LogP contribution in [-0.4, -0.2) is 25.4 Å². The zero-order valence-corrected chi connectivity index (χ0v) is 15.7. The summed E-state index contributed by atoms with van der Waals surface area (Å²) in [6.45, 7) is 0. The molecule has 0 spiro atoms. The van der Waals surface area contributed by atoms with E-state index in [1.165, 1.54) is 6.33 Å². The Hall–Kier alpha value is -3.58. The lowest BCUT2D eigenvalue weighted by atomic mass is 9.73. The number of fused-ring (bicyclic) bond motifs is 1. The quantitative estimate of drug-likeness (QED) is 0.562. The molecule has 0 aliphatic heterocycles. The van der Waals surface area contributed by atoms with E-state index in [1.54, 1.807) is 6.20 Å². The van der Waals surface area contributed by atoms with Crippen LogP contribution in [0.2, 0.25) is 0 Å². The molecule has 3 aromatic heterocycles. The van der Waals surface area contributed by atoms with E-state index in [9.17, 15) is 4.79 Å². The van der Waals surface area contributed by atoms with Gasteiger partial charge in [0, 0.05) is 17.4 Å². The first kappa shape index (κ1) is 17.5. The lowest BCUT2D eigenvalue weighted by molar-refractivity contribution is 0.0997. The predicted octanol–water partition coefficient (Wildman–Crippen LogP) is 2.92. The topological polar surface area (TPSA) is 113 Å². The van der Waals surface area contributed by atoms with Gasteiger partial charge in [0.2, 0.25) is 0 Å². The molecule has 1 aliphatic carbocycles. The minimum absolute atomic E-state index is 0.193. The van der Waals surface area contributed by atoms with Crippen LogP contribution in [0.5, 0.6) is 0 Å². The fourth-order valence-electron chi connectivity index (χ4n) is 3.96. The predicted molar refractivity (Wildman–Crippen MR) is 110 cm³/mol. The van der Waals surface area contributed by atoms with E-state index in [2.05, 4.69) is 27.1 Å². The lowest BCUT2D eigenvalue weighted by Crippen LogP contribution is -2.43. The molecule has 1 aromatic carbocycles. The van der Waals surface area contributed by atoms with E-state index in [0.717, 1.165) is 41.9 Å². The van der Waals surface area contributed by atoms with Gasteiger partial charge in [-0.05, 0) is 55.2 Å². The molecule has 0 radical (unpaired) electrons. The highest BCUT2D eigenvalue weighted by molar-refractivity contribution is 6.04. The van der Waals surface area contributed by atoms with Crippen molar-refractivity contribution in [3.05, 3.63) is 72.3 Å². The molecule has 0 unspecified atom stereocenters. The Morgan fingerprint density at radius 3 is 2.45 bits per heavy atom. The number of nitrogens with two attached hydrogens (primary N) is 2. The lowest BCUT2D eigenvalue weighted by Gasteiger charge is -2.38. The van der Waals surface area contributed by atoms with Gasteiger partial charge in [-0.3, -0.25) is 14.3 Å². The Morgan fingerprint density at radius 1 is 1.03 bits per heavy atom. The maximum absolute atomic E-state index is 11.9. The first-order chi connectivity index (χ1) is 14.1. The third kappa shape index (κ3) is 2.78. The van der Waals surface area contributed by atoms with E-state index in [1.807, 2.05) is 41.0 Å². The fraction of sp³-hybridized carbons (Fsp3) is 0.182. The molecule has 1 fully saturated rings. The molecule has 5 rings (SSSR count). The van der Waals surface area contributed by atoms with Crippen LogP contribution in [0.1, 0.15) is 35.3 Å². The monoisotopic (exact) mass is 384 g/mol. The number of benzene rings is 1. The average Bonchev–Trinajstić information content (AvgIpc) is 3.12. The van der Waals surface area contributed by atoms with Crippen LogP contribution in [0.3, 0.4) is 0 Å². The number of carbonyl (C=O) groups excluding carboxylic acids is 1. The first-order valence-electron chi connectivity index (χ1n) is 9.54. The highest BCUT2D eigenvalue weighted by atomic mass is 16.1. The molecule has 29 heavy (non-hydrogen) atoms. The van der Waals surface area contributed by atoms with E-state index in [4.69, 9.17) is 11.5 Å². The van der Waals surface area contributed by atoms with Crippen molar-refractivity contribution in [2.45, 2.75) is 24.8 Å². The van der Waals surface area contributed by atoms with Gasteiger partial charge in [-0.15, -0.1) is 0 Å². The SMILES string of the molecule is NC(=O)c1ncnc2c1cc(-c1ccccn1)n2-c1ccc(C2(N)CCC2)cc1. The highest BCUT2D eigenvalue weighted by Gasteiger charge is 2.34. The van der Waals surface area contributed by atoms with Gasteiger partial charge in [0.25, 0.3) is 5.91 Å². The van der Waals surface area contributed by atoms with Gasteiger partial charge in [0.1, 0.15) is 17.7 Å². The number of amides is 1. The molecule has 7 nitrogen and oxygen atoms in total. The number of hydrogen-bond acceptors (Lipinski definition) is 5. The van der Waals surface area contributed by atoms with Crippen molar-refractivity contribution < 1.29 is 4.79 Å². The summed E-state index contributed by atoms with van der Waals surface area (Å²) < 4.78 is 1.97. The van der Waals surface area contributed by atoms with Gasteiger partial charge < -0.3 is 11.5 Å². The summed E-state index contributed by atoms with van der Waals surface area (Å²) in [7, 11) is 0. The molecule has 4 N–H and O–H groups in total. The smallest absolute Gasteiger partial charge is 0.268 e. The van der Waals surface area contributed by atoms with E-state index in [-0.39, 0.29) is 11.2 Å². The molecule has 0 atom stereocenters. The summed E-state index contributed by atoms with van der Waals surface area (Å²) in [4.78, 5) is 24.9. The van der Waals surface area contributed by atoms with Crippen LogP contribution in [0.4, 0.5) is 0 Å². The minimum atomic E-state index is -0.590. The zero-order chi connectivity index (χ0) is 20.0. The third-order valence-corrected chi connectivity index (χ3v) is 5.70. The zero-order valence-electron chi connectivity index (χ0n) is 15.7. The number of pyridine rings is 1. The van der Waals surface area contributed by atoms with Crippen molar-refractivity contribution in [3.63, 3.8) is 0 Å². The summed E-state index contributed by atoms with van der Waals surface area (Å²) in [5.74, 6) is -0.590. The van der Waals surface area contributed by atoms with Crippen molar-refractivity contribution in [3.8, 4) is 17.1 Å². The second kappa shape index (κ2) is 6.49. The molecular weight excluding hydrogens is 364 g/mol. The molecule has 1 amide bonds. The van der Waals surface area contributed by atoms with Gasteiger partial charge in [-0.1, -0.05) is 18.2 Å². The number of rotatable bonds is 4. The first-order valence-corrected chi connectivity index (χ1v) is 9.54. The maximum Gasteiger partial charge on any atom is 0.268 e. The fourth-order valence-corrected chi connectivity index (χ4v) is 3.96. The third-order valence-electron chi connectivity index (χ3n) is 5.70. The van der Waals surface area contributed by atoms with Gasteiger partial charge >= 0.3 is 0 Å².